The molecule has 0 amide bonds. The van der Waals surface area contributed by atoms with Crippen molar-refractivity contribution >= 4 is 23.2 Å². The number of nitrogens with zero attached hydrogens (tertiary/aromatic N) is 1. The van der Waals surface area contributed by atoms with Crippen LogP contribution in [-0.4, -0.2) is 10.5 Å². The Labute approximate surface area is 112 Å². The SMILES string of the molecule is Cl.NC1(Cc2c(F)ccc3cnccc23)CCC1. The third-order valence-corrected chi connectivity index (χ3v) is 3.75. The minimum Gasteiger partial charge on any atom is -0.325 e. The fraction of sp³-hybridized carbons (Fsp3) is 0.357. The summed E-state index contributed by atoms with van der Waals surface area (Å²) in [5, 5.41) is 1.92. The summed E-state index contributed by atoms with van der Waals surface area (Å²) >= 11 is 0. The quantitative estimate of drug-likeness (QED) is 0.906. The van der Waals surface area contributed by atoms with Crippen molar-refractivity contribution in [2.24, 2.45) is 5.73 Å². The van der Waals surface area contributed by atoms with Crippen LogP contribution >= 0.6 is 12.4 Å². The van der Waals surface area contributed by atoms with E-state index in [0.29, 0.717) is 6.42 Å². The minimum absolute atomic E-state index is 0. The number of fused-ring (bicyclic) bond motifs is 1. The summed E-state index contributed by atoms with van der Waals surface area (Å²) in [7, 11) is 0. The summed E-state index contributed by atoms with van der Waals surface area (Å²) < 4.78 is 13.9. The van der Waals surface area contributed by atoms with Crippen LogP contribution in [0.1, 0.15) is 24.8 Å². The highest BCUT2D eigenvalue weighted by molar-refractivity contribution is 5.85. The molecule has 96 valence electrons. The summed E-state index contributed by atoms with van der Waals surface area (Å²) in [6.07, 6.45) is 7.24. The normalized spacial score (nSPS) is 17.0. The van der Waals surface area contributed by atoms with E-state index in [-0.39, 0.29) is 23.8 Å². The zero-order chi connectivity index (χ0) is 11.9. The van der Waals surface area contributed by atoms with Crippen molar-refractivity contribution in [3.8, 4) is 0 Å². The van der Waals surface area contributed by atoms with Gasteiger partial charge in [0, 0.05) is 23.3 Å². The van der Waals surface area contributed by atoms with Crippen LogP contribution in [0.4, 0.5) is 4.39 Å². The van der Waals surface area contributed by atoms with Crippen LogP contribution in [0.5, 0.6) is 0 Å². The summed E-state index contributed by atoms with van der Waals surface area (Å²) in [6.45, 7) is 0. The lowest BCUT2D eigenvalue weighted by Crippen LogP contribution is -2.48. The van der Waals surface area contributed by atoms with E-state index in [1.807, 2.05) is 6.07 Å². The van der Waals surface area contributed by atoms with Gasteiger partial charge in [-0.05, 0) is 54.8 Å². The maximum atomic E-state index is 13.9. The number of benzene rings is 1. The molecule has 1 fully saturated rings. The maximum Gasteiger partial charge on any atom is 0.127 e. The second-order valence-electron chi connectivity index (χ2n) is 5.02. The molecule has 0 saturated heterocycles. The lowest BCUT2D eigenvalue weighted by molar-refractivity contribution is 0.246. The molecule has 1 aromatic carbocycles. The lowest BCUT2D eigenvalue weighted by Gasteiger charge is -2.38. The molecule has 0 unspecified atom stereocenters. The third kappa shape index (κ3) is 2.20. The van der Waals surface area contributed by atoms with Gasteiger partial charge >= 0.3 is 0 Å². The van der Waals surface area contributed by atoms with Crippen LogP contribution in [0.25, 0.3) is 10.8 Å². The molecule has 2 nitrogen and oxygen atoms in total. The van der Waals surface area contributed by atoms with E-state index in [9.17, 15) is 4.39 Å². The second kappa shape index (κ2) is 4.82. The van der Waals surface area contributed by atoms with E-state index in [2.05, 4.69) is 4.98 Å². The van der Waals surface area contributed by atoms with Crippen LogP contribution in [0, 0.1) is 5.82 Å². The highest BCUT2D eigenvalue weighted by Gasteiger charge is 2.33. The molecule has 0 spiro atoms. The number of hydrogen-bond donors (Lipinski definition) is 1. The van der Waals surface area contributed by atoms with Crippen LogP contribution in [-0.2, 0) is 6.42 Å². The Bertz CT molecular complexity index is 567. The standard InChI is InChI=1S/C14H15FN2.ClH/c15-13-3-2-10-9-17-7-4-11(10)12(13)8-14(16)5-1-6-14;/h2-4,7,9H,1,5-6,8,16H2;1H. The molecule has 0 radical (unpaired) electrons. The summed E-state index contributed by atoms with van der Waals surface area (Å²) in [5.41, 5.74) is 6.76. The number of pyridine rings is 1. The zero-order valence-corrected chi connectivity index (χ0v) is 10.8. The third-order valence-electron chi connectivity index (χ3n) is 3.75. The van der Waals surface area contributed by atoms with Crippen LogP contribution < -0.4 is 5.73 Å². The fourth-order valence-electron chi connectivity index (χ4n) is 2.55. The Hall–Kier alpha value is -1.19. The molecule has 1 saturated carbocycles. The predicted octanol–water partition coefficient (Wildman–Crippen LogP) is 3.22. The van der Waals surface area contributed by atoms with Crippen molar-refractivity contribution in [2.45, 2.75) is 31.2 Å². The fourth-order valence-corrected chi connectivity index (χ4v) is 2.55. The first-order valence-corrected chi connectivity index (χ1v) is 5.98. The topological polar surface area (TPSA) is 38.9 Å². The van der Waals surface area contributed by atoms with Crippen molar-refractivity contribution < 1.29 is 4.39 Å². The van der Waals surface area contributed by atoms with E-state index in [1.54, 1.807) is 18.5 Å². The largest absolute Gasteiger partial charge is 0.325 e. The van der Waals surface area contributed by atoms with Crippen molar-refractivity contribution in [2.75, 3.05) is 0 Å². The Morgan fingerprint density at radius 1 is 1.28 bits per heavy atom. The minimum atomic E-state index is -0.196. The lowest BCUT2D eigenvalue weighted by atomic mass is 9.73. The number of rotatable bonds is 2. The van der Waals surface area contributed by atoms with Gasteiger partial charge in [-0.15, -0.1) is 12.4 Å². The van der Waals surface area contributed by atoms with Gasteiger partial charge < -0.3 is 5.73 Å². The van der Waals surface area contributed by atoms with Crippen molar-refractivity contribution in [1.82, 2.24) is 4.98 Å². The highest BCUT2D eigenvalue weighted by atomic mass is 35.5. The predicted molar refractivity (Wildman–Crippen MR) is 73.4 cm³/mol. The van der Waals surface area contributed by atoms with Crippen molar-refractivity contribution in [3.63, 3.8) is 0 Å². The molecule has 2 N–H and O–H groups in total. The molecule has 0 aliphatic heterocycles. The molecule has 4 heteroatoms. The first kappa shape index (κ1) is 13.2. The van der Waals surface area contributed by atoms with Crippen LogP contribution in [0.2, 0.25) is 0 Å². The molecular weight excluding hydrogens is 251 g/mol. The van der Waals surface area contributed by atoms with Gasteiger partial charge in [0.2, 0.25) is 0 Å². The van der Waals surface area contributed by atoms with Gasteiger partial charge in [-0.1, -0.05) is 0 Å². The van der Waals surface area contributed by atoms with Crippen molar-refractivity contribution in [3.05, 3.63) is 42.0 Å². The molecule has 1 aliphatic carbocycles. The van der Waals surface area contributed by atoms with E-state index < -0.39 is 0 Å². The number of halogens is 2. The Kier molecular flexibility index (Phi) is 3.55. The van der Waals surface area contributed by atoms with Gasteiger partial charge in [0.1, 0.15) is 5.82 Å². The number of aromatic nitrogens is 1. The molecule has 0 bridgehead atoms. The van der Waals surface area contributed by atoms with Gasteiger partial charge in [0.15, 0.2) is 0 Å². The highest BCUT2D eigenvalue weighted by Crippen LogP contribution is 2.35. The van der Waals surface area contributed by atoms with Crippen LogP contribution in [0.15, 0.2) is 30.6 Å². The van der Waals surface area contributed by atoms with Crippen molar-refractivity contribution in [1.29, 1.82) is 0 Å². The average molecular weight is 267 g/mol. The number of hydrogen-bond acceptors (Lipinski definition) is 2. The molecule has 1 aromatic heterocycles. The molecule has 3 rings (SSSR count). The zero-order valence-electron chi connectivity index (χ0n) is 10.0. The molecule has 2 aromatic rings. The molecule has 1 heterocycles. The van der Waals surface area contributed by atoms with Crippen LogP contribution in [0.3, 0.4) is 0 Å². The van der Waals surface area contributed by atoms with Gasteiger partial charge in [-0.3, -0.25) is 4.98 Å². The van der Waals surface area contributed by atoms with Gasteiger partial charge in [0.25, 0.3) is 0 Å². The molecular formula is C14H16ClFN2. The maximum absolute atomic E-state index is 13.9. The monoisotopic (exact) mass is 266 g/mol. The Morgan fingerprint density at radius 3 is 2.72 bits per heavy atom. The summed E-state index contributed by atoms with van der Waals surface area (Å²) in [4.78, 5) is 4.06. The molecule has 0 atom stereocenters. The van der Waals surface area contributed by atoms with E-state index in [4.69, 9.17) is 5.73 Å². The number of nitrogens with two attached hydrogens (primary N) is 1. The Balaban J connectivity index is 0.00000120. The first-order chi connectivity index (χ1) is 8.18. The Morgan fingerprint density at radius 2 is 2.06 bits per heavy atom. The first-order valence-electron chi connectivity index (χ1n) is 5.98. The van der Waals surface area contributed by atoms with Gasteiger partial charge in [-0.25, -0.2) is 4.39 Å². The average Bonchev–Trinajstić information content (AvgIpc) is 2.31. The van der Waals surface area contributed by atoms with E-state index in [0.717, 1.165) is 35.6 Å². The molecule has 18 heavy (non-hydrogen) atoms. The smallest absolute Gasteiger partial charge is 0.127 e. The molecule has 1 aliphatic rings. The van der Waals surface area contributed by atoms with Gasteiger partial charge in [0.05, 0.1) is 0 Å². The summed E-state index contributed by atoms with van der Waals surface area (Å²) in [6, 6.07) is 5.16. The van der Waals surface area contributed by atoms with Gasteiger partial charge in [-0.2, -0.15) is 0 Å². The second-order valence-corrected chi connectivity index (χ2v) is 5.02. The van der Waals surface area contributed by atoms with E-state index in [1.165, 1.54) is 6.07 Å². The summed E-state index contributed by atoms with van der Waals surface area (Å²) in [5.74, 6) is -0.152. The van der Waals surface area contributed by atoms with E-state index >= 15 is 0 Å².